The van der Waals surface area contributed by atoms with Crippen molar-refractivity contribution in [1.29, 1.82) is 0 Å². The lowest BCUT2D eigenvalue weighted by Gasteiger charge is -2.18. The smallest absolute Gasteiger partial charge is 0.422 e. The summed E-state index contributed by atoms with van der Waals surface area (Å²) in [6.45, 7) is 0.845. The molecule has 3 atom stereocenters. The number of carbonyl (C=O) groups is 1. The van der Waals surface area contributed by atoms with Crippen LogP contribution in [0.5, 0.6) is 5.75 Å². The van der Waals surface area contributed by atoms with Gasteiger partial charge in [0, 0.05) is 6.54 Å². The molecule has 0 spiro atoms. The molecule has 24 heavy (non-hydrogen) atoms. The van der Waals surface area contributed by atoms with Gasteiger partial charge < -0.3 is 20.5 Å². The maximum absolute atomic E-state index is 12.1. The Morgan fingerprint density at radius 3 is 2.58 bits per heavy atom. The summed E-state index contributed by atoms with van der Waals surface area (Å²) in [7, 11) is 0. The van der Waals surface area contributed by atoms with Crippen LogP contribution in [0.2, 0.25) is 0 Å². The molecule has 0 bridgehead atoms. The van der Waals surface area contributed by atoms with Crippen molar-refractivity contribution in [2.75, 3.05) is 13.2 Å². The first-order valence-corrected chi connectivity index (χ1v) is 7.74. The molecular weight excluding hydrogens is 325 g/mol. The Kier molecular flexibility index (Phi) is 6.06. The van der Waals surface area contributed by atoms with Crippen LogP contribution in [0, 0.1) is 0 Å². The van der Waals surface area contributed by atoms with E-state index in [0.717, 1.165) is 12.0 Å². The molecule has 1 saturated heterocycles. The number of nitrogens with two attached hydrogens (primary N) is 1. The average Bonchev–Trinajstić information content (AvgIpc) is 3.02. The zero-order valence-corrected chi connectivity index (χ0v) is 13.3. The first-order valence-electron chi connectivity index (χ1n) is 7.74. The Morgan fingerprint density at radius 2 is 2.04 bits per heavy atom. The Hall–Kier alpha value is -1.80. The first-order chi connectivity index (χ1) is 11.3. The number of ether oxygens (including phenoxy) is 2. The van der Waals surface area contributed by atoms with Crippen molar-refractivity contribution >= 4 is 5.91 Å². The van der Waals surface area contributed by atoms with Gasteiger partial charge in [0.1, 0.15) is 11.9 Å². The van der Waals surface area contributed by atoms with Crippen LogP contribution in [-0.2, 0) is 9.53 Å². The Morgan fingerprint density at radius 1 is 1.38 bits per heavy atom. The van der Waals surface area contributed by atoms with Gasteiger partial charge in [-0.3, -0.25) is 4.79 Å². The van der Waals surface area contributed by atoms with Crippen molar-refractivity contribution in [3.8, 4) is 5.75 Å². The molecule has 1 aromatic carbocycles. The summed E-state index contributed by atoms with van der Waals surface area (Å²) in [6.07, 6.45) is -3.57. The van der Waals surface area contributed by atoms with E-state index in [1.807, 2.05) is 0 Å². The maximum Gasteiger partial charge on any atom is 0.422 e. The fourth-order valence-electron chi connectivity index (χ4n) is 2.48. The molecule has 0 radical (unpaired) electrons. The van der Waals surface area contributed by atoms with E-state index >= 15 is 0 Å². The summed E-state index contributed by atoms with van der Waals surface area (Å²) >= 11 is 0. The van der Waals surface area contributed by atoms with E-state index in [1.165, 1.54) is 12.1 Å². The zero-order valence-electron chi connectivity index (χ0n) is 13.3. The van der Waals surface area contributed by atoms with Crippen molar-refractivity contribution in [2.24, 2.45) is 5.73 Å². The van der Waals surface area contributed by atoms with Crippen LogP contribution < -0.4 is 15.8 Å². The van der Waals surface area contributed by atoms with E-state index in [2.05, 4.69) is 10.1 Å². The van der Waals surface area contributed by atoms with E-state index in [1.54, 1.807) is 19.1 Å². The van der Waals surface area contributed by atoms with Crippen LogP contribution in [0.25, 0.3) is 0 Å². The number of carbonyl (C=O) groups excluding carboxylic acids is 1. The lowest BCUT2D eigenvalue weighted by molar-refractivity contribution is -0.153. The third kappa shape index (κ3) is 5.38. The molecule has 0 aromatic heterocycles. The summed E-state index contributed by atoms with van der Waals surface area (Å²) in [4.78, 5) is 12.1. The Bertz CT molecular complexity index is 548. The molecule has 2 rings (SSSR count). The molecule has 134 valence electrons. The topological polar surface area (TPSA) is 73.6 Å². The molecule has 1 fully saturated rings. The van der Waals surface area contributed by atoms with Crippen molar-refractivity contribution in [1.82, 2.24) is 5.32 Å². The highest BCUT2D eigenvalue weighted by molar-refractivity contribution is 5.81. The average molecular weight is 346 g/mol. The highest BCUT2D eigenvalue weighted by atomic mass is 19.4. The van der Waals surface area contributed by atoms with Crippen LogP contribution in [0.1, 0.15) is 31.4 Å². The minimum absolute atomic E-state index is 0.0823. The highest BCUT2D eigenvalue weighted by Crippen LogP contribution is 2.23. The second-order valence-electron chi connectivity index (χ2n) is 5.76. The van der Waals surface area contributed by atoms with Crippen LogP contribution in [0.15, 0.2) is 24.3 Å². The lowest BCUT2D eigenvalue weighted by Crippen LogP contribution is -2.36. The molecule has 1 aromatic rings. The van der Waals surface area contributed by atoms with E-state index in [0.29, 0.717) is 13.0 Å². The fourth-order valence-corrected chi connectivity index (χ4v) is 2.48. The second kappa shape index (κ2) is 7.85. The molecule has 3 N–H and O–H groups in total. The second-order valence-corrected chi connectivity index (χ2v) is 5.76. The molecule has 1 unspecified atom stereocenters. The number of amides is 1. The molecule has 8 heteroatoms. The monoisotopic (exact) mass is 346 g/mol. The third-order valence-electron chi connectivity index (χ3n) is 3.80. The van der Waals surface area contributed by atoms with Crippen LogP contribution in [0.3, 0.4) is 0 Å². The van der Waals surface area contributed by atoms with E-state index in [9.17, 15) is 18.0 Å². The fraction of sp³-hybridized carbons (Fsp3) is 0.562. The molecule has 5 nitrogen and oxygen atoms in total. The zero-order chi connectivity index (χ0) is 17.7. The summed E-state index contributed by atoms with van der Waals surface area (Å²) in [6, 6.07) is 5.83. The van der Waals surface area contributed by atoms with E-state index < -0.39 is 18.9 Å². The van der Waals surface area contributed by atoms with Crippen molar-refractivity contribution in [2.45, 2.75) is 44.2 Å². The van der Waals surface area contributed by atoms with Crippen molar-refractivity contribution in [3.63, 3.8) is 0 Å². The first kappa shape index (κ1) is 18.5. The van der Waals surface area contributed by atoms with Crippen LogP contribution in [-0.4, -0.2) is 37.4 Å². The van der Waals surface area contributed by atoms with Gasteiger partial charge in [-0.05, 0) is 37.5 Å². The molecule has 1 aliphatic rings. The standard InChI is InChI=1S/C16H21F3N2O3/c1-10(21-15(22)14-7-6-13(8-20)24-14)11-2-4-12(5-3-11)23-9-16(17,18)19/h2-5,10,13-14H,6-9,20H2,1H3,(H,21,22)/t10?,13-,14+/m1/s1. The lowest BCUT2D eigenvalue weighted by atomic mass is 10.1. The van der Waals surface area contributed by atoms with E-state index in [-0.39, 0.29) is 23.8 Å². The van der Waals surface area contributed by atoms with Gasteiger partial charge in [0.2, 0.25) is 5.91 Å². The predicted molar refractivity (Wildman–Crippen MR) is 81.5 cm³/mol. The normalized spacial score (nSPS) is 22.2. The molecular formula is C16H21F3N2O3. The SMILES string of the molecule is CC(NC(=O)[C@@H]1CC[C@H](CN)O1)c1ccc(OCC(F)(F)F)cc1. The van der Waals surface area contributed by atoms with Gasteiger partial charge in [-0.2, -0.15) is 13.2 Å². The number of alkyl halides is 3. The van der Waals surface area contributed by atoms with Gasteiger partial charge >= 0.3 is 6.18 Å². The van der Waals surface area contributed by atoms with Gasteiger partial charge in [0.25, 0.3) is 0 Å². The summed E-state index contributed by atoms with van der Waals surface area (Å²) in [5.74, 6) is -0.0876. The summed E-state index contributed by atoms with van der Waals surface area (Å²) in [5.41, 5.74) is 6.28. The number of nitrogens with one attached hydrogen (secondary N) is 1. The summed E-state index contributed by atoms with van der Waals surface area (Å²) in [5, 5.41) is 2.83. The van der Waals surface area contributed by atoms with E-state index in [4.69, 9.17) is 10.5 Å². The molecule has 1 heterocycles. The van der Waals surface area contributed by atoms with Gasteiger partial charge in [0.15, 0.2) is 6.61 Å². The van der Waals surface area contributed by atoms with Crippen LogP contribution in [0.4, 0.5) is 13.2 Å². The maximum atomic E-state index is 12.1. The Labute approximate surface area is 138 Å². The molecule has 1 aliphatic heterocycles. The molecule has 0 aliphatic carbocycles. The summed E-state index contributed by atoms with van der Waals surface area (Å²) < 4.78 is 46.5. The molecule has 0 saturated carbocycles. The van der Waals surface area contributed by atoms with Gasteiger partial charge in [-0.25, -0.2) is 0 Å². The van der Waals surface area contributed by atoms with Crippen molar-refractivity contribution < 1.29 is 27.4 Å². The number of benzene rings is 1. The third-order valence-corrected chi connectivity index (χ3v) is 3.80. The van der Waals surface area contributed by atoms with Gasteiger partial charge in [0.05, 0.1) is 12.1 Å². The number of halogens is 3. The highest BCUT2D eigenvalue weighted by Gasteiger charge is 2.30. The van der Waals surface area contributed by atoms with Crippen LogP contribution >= 0.6 is 0 Å². The molecule has 1 amide bonds. The number of rotatable bonds is 6. The number of hydrogen-bond acceptors (Lipinski definition) is 4. The minimum atomic E-state index is -4.37. The number of hydrogen-bond donors (Lipinski definition) is 2. The minimum Gasteiger partial charge on any atom is -0.484 e. The van der Waals surface area contributed by atoms with Gasteiger partial charge in [-0.15, -0.1) is 0 Å². The quantitative estimate of drug-likeness (QED) is 0.829. The predicted octanol–water partition coefficient (Wildman–Crippen LogP) is 2.31. The largest absolute Gasteiger partial charge is 0.484 e. The van der Waals surface area contributed by atoms with Crippen molar-refractivity contribution in [3.05, 3.63) is 29.8 Å². The Balaban J connectivity index is 1.86. The van der Waals surface area contributed by atoms with Gasteiger partial charge in [-0.1, -0.05) is 12.1 Å².